The van der Waals surface area contributed by atoms with Crippen LogP contribution in [0.5, 0.6) is 0 Å². The molecule has 0 aromatic heterocycles. The standard InChI is InChI=1S/C19H36N2/c1-4-11-20-18-17(9-10-19(18,2)3)14-21(12-15-5-6-15)13-16-7-8-16/h15-18,20H,4-14H2,1-3H3. The van der Waals surface area contributed by atoms with Gasteiger partial charge in [0.2, 0.25) is 0 Å². The van der Waals surface area contributed by atoms with Gasteiger partial charge in [-0.2, -0.15) is 0 Å². The first-order valence-corrected chi connectivity index (χ1v) is 9.54. The number of hydrogen-bond acceptors (Lipinski definition) is 2. The Balaban J connectivity index is 1.56. The van der Waals surface area contributed by atoms with Crippen LogP contribution in [0, 0.1) is 23.2 Å². The molecule has 3 aliphatic carbocycles. The van der Waals surface area contributed by atoms with Crippen molar-refractivity contribution in [2.45, 2.75) is 71.8 Å². The Bertz CT molecular complexity index is 316. The Labute approximate surface area is 132 Å². The monoisotopic (exact) mass is 292 g/mol. The number of rotatable bonds is 9. The molecule has 2 atom stereocenters. The molecule has 0 aliphatic heterocycles. The van der Waals surface area contributed by atoms with Crippen molar-refractivity contribution in [2.24, 2.45) is 23.2 Å². The maximum Gasteiger partial charge on any atom is 0.0159 e. The summed E-state index contributed by atoms with van der Waals surface area (Å²) in [6.45, 7) is 12.6. The van der Waals surface area contributed by atoms with E-state index in [9.17, 15) is 0 Å². The second kappa shape index (κ2) is 6.58. The molecule has 0 amide bonds. The molecule has 0 saturated heterocycles. The van der Waals surface area contributed by atoms with Gasteiger partial charge in [-0.3, -0.25) is 0 Å². The molecule has 0 spiro atoms. The summed E-state index contributed by atoms with van der Waals surface area (Å²) in [6, 6.07) is 0.735. The van der Waals surface area contributed by atoms with Crippen LogP contribution in [0.3, 0.4) is 0 Å². The molecule has 2 heteroatoms. The maximum absolute atomic E-state index is 3.89. The smallest absolute Gasteiger partial charge is 0.0159 e. The van der Waals surface area contributed by atoms with E-state index in [2.05, 4.69) is 31.0 Å². The lowest BCUT2D eigenvalue weighted by atomic mass is 9.84. The lowest BCUT2D eigenvalue weighted by molar-refractivity contribution is 0.174. The summed E-state index contributed by atoms with van der Waals surface area (Å²) in [4.78, 5) is 2.85. The molecule has 0 radical (unpaired) electrons. The van der Waals surface area contributed by atoms with E-state index >= 15 is 0 Å². The van der Waals surface area contributed by atoms with Gasteiger partial charge < -0.3 is 10.2 Å². The van der Waals surface area contributed by atoms with Crippen LogP contribution in [0.25, 0.3) is 0 Å². The SMILES string of the molecule is CCCNC1C(CN(CC2CC2)CC2CC2)CCC1(C)C. The van der Waals surface area contributed by atoms with Crippen LogP contribution in [-0.2, 0) is 0 Å². The van der Waals surface area contributed by atoms with E-state index in [1.807, 2.05) is 0 Å². The van der Waals surface area contributed by atoms with E-state index in [4.69, 9.17) is 0 Å². The lowest BCUT2D eigenvalue weighted by Gasteiger charge is -2.34. The zero-order valence-corrected chi connectivity index (χ0v) is 14.5. The van der Waals surface area contributed by atoms with Crippen LogP contribution in [0.1, 0.15) is 65.7 Å². The summed E-state index contributed by atoms with van der Waals surface area (Å²) in [5, 5.41) is 3.89. The van der Waals surface area contributed by atoms with Crippen molar-refractivity contribution >= 4 is 0 Å². The van der Waals surface area contributed by atoms with Gasteiger partial charge in [-0.25, -0.2) is 0 Å². The molecule has 1 N–H and O–H groups in total. The Hall–Kier alpha value is -0.0800. The van der Waals surface area contributed by atoms with Gasteiger partial charge in [0.1, 0.15) is 0 Å². The summed E-state index contributed by atoms with van der Waals surface area (Å²) in [6.07, 6.45) is 10.1. The minimum Gasteiger partial charge on any atom is -0.313 e. The van der Waals surface area contributed by atoms with E-state index in [0.717, 1.165) is 23.8 Å². The van der Waals surface area contributed by atoms with Crippen LogP contribution >= 0.6 is 0 Å². The van der Waals surface area contributed by atoms with Gasteiger partial charge >= 0.3 is 0 Å². The minimum absolute atomic E-state index is 0.491. The van der Waals surface area contributed by atoms with Crippen LogP contribution in [-0.4, -0.2) is 37.1 Å². The van der Waals surface area contributed by atoms with Crippen molar-refractivity contribution in [3.05, 3.63) is 0 Å². The number of nitrogens with zero attached hydrogens (tertiary/aromatic N) is 1. The first-order chi connectivity index (χ1) is 10.1. The third kappa shape index (κ3) is 4.45. The zero-order valence-electron chi connectivity index (χ0n) is 14.5. The summed E-state index contributed by atoms with van der Waals surface area (Å²) < 4.78 is 0. The van der Waals surface area contributed by atoms with Crippen LogP contribution in [0.15, 0.2) is 0 Å². The van der Waals surface area contributed by atoms with Crippen LogP contribution in [0.4, 0.5) is 0 Å². The van der Waals surface area contributed by atoms with E-state index in [1.54, 1.807) is 0 Å². The Morgan fingerprint density at radius 2 is 1.57 bits per heavy atom. The molecule has 3 rings (SSSR count). The van der Waals surface area contributed by atoms with Gasteiger partial charge in [0, 0.05) is 25.7 Å². The predicted molar refractivity (Wildman–Crippen MR) is 90.5 cm³/mol. The fourth-order valence-corrected chi connectivity index (χ4v) is 4.34. The predicted octanol–water partition coefficient (Wildman–Crippen LogP) is 3.91. The molecule has 122 valence electrons. The molecule has 0 bridgehead atoms. The highest BCUT2D eigenvalue weighted by Crippen LogP contribution is 2.42. The molecule has 2 nitrogen and oxygen atoms in total. The van der Waals surface area contributed by atoms with Crippen molar-refractivity contribution in [2.75, 3.05) is 26.2 Å². The third-order valence-corrected chi connectivity index (χ3v) is 6.01. The van der Waals surface area contributed by atoms with Crippen LogP contribution < -0.4 is 5.32 Å². The van der Waals surface area contributed by atoms with Gasteiger partial charge in [0.15, 0.2) is 0 Å². The molecule has 2 unspecified atom stereocenters. The van der Waals surface area contributed by atoms with Gasteiger partial charge in [0.25, 0.3) is 0 Å². The van der Waals surface area contributed by atoms with Gasteiger partial charge in [-0.05, 0) is 74.7 Å². The highest BCUT2D eigenvalue weighted by atomic mass is 15.1. The van der Waals surface area contributed by atoms with Gasteiger partial charge in [-0.1, -0.05) is 20.8 Å². The summed E-state index contributed by atoms with van der Waals surface area (Å²) in [5.74, 6) is 2.96. The lowest BCUT2D eigenvalue weighted by Crippen LogP contribution is -2.46. The normalized spacial score (nSPS) is 32.0. The Morgan fingerprint density at radius 1 is 0.952 bits per heavy atom. The zero-order chi connectivity index (χ0) is 14.9. The molecular weight excluding hydrogens is 256 g/mol. The summed E-state index contributed by atoms with van der Waals surface area (Å²) in [5.41, 5.74) is 0.491. The van der Waals surface area contributed by atoms with Crippen LogP contribution in [0.2, 0.25) is 0 Å². The first kappa shape index (κ1) is 15.8. The highest BCUT2D eigenvalue weighted by Gasteiger charge is 2.42. The van der Waals surface area contributed by atoms with Gasteiger partial charge in [0.05, 0.1) is 0 Å². The van der Waals surface area contributed by atoms with E-state index in [1.165, 1.54) is 71.1 Å². The third-order valence-electron chi connectivity index (χ3n) is 6.01. The fraction of sp³-hybridized carbons (Fsp3) is 1.00. The molecule has 0 aromatic rings. The Morgan fingerprint density at radius 3 is 2.10 bits per heavy atom. The molecule has 21 heavy (non-hydrogen) atoms. The quantitative estimate of drug-likeness (QED) is 0.693. The second-order valence-electron chi connectivity index (χ2n) is 8.82. The topological polar surface area (TPSA) is 15.3 Å². The number of hydrogen-bond donors (Lipinski definition) is 1. The van der Waals surface area contributed by atoms with Crippen molar-refractivity contribution < 1.29 is 0 Å². The summed E-state index contributed by atoms with van der Waals surface area (Å²) >= 11 is 0. The number of nitrogens with one attached hydrogen (secondary N) is 1. The second-order valence-corrected chi connectivity index (χ2v) is 8.82. The first-order valence-electron chi connectivity index (χ1n) is 9.54. The molecule has 3 aliphatic rings. The van der Waals surface area contributed by atoms with Crippen molar-refractivity contribution in [3.8, 4) is 0 Å². The Kier molecular flexibility index (Phi) is 4.95. The van der Waals surface area contributed by atoms with E-state index in [0.29, 0.717) is 5.41 Å². The molecule has 0 heterocycles. The molecular formula is C19H36N2. The largest absolute Gasteiger partial charge is 0.313 e. The van der Waals surface area contributed by atoms with E-state index < -0.39 is 0 Å². The summed E-state index contributed by atoms with van der Waals surface area (Å²) in [7, 11) is 0. The highest BCUT2D eigenvalue weighted by molar-refractivity contribution is 4.97. The molecule has 3 fully saturated rings. The van der Waals surface area contributed by atoms with Crippen molar-refractivity contribution in [3.63, 3.8) is 0 Å². The van der Waals surface area contributed by atoms with E-state index in [-0.39, 0.29) is 0 Å². The van der Waals surface area contributed by atoms with Gasteiger partial charge in [-0.15, -0.1) is 0 Å². The molecule has 0 aromatic carbocycles. The average Bonchev–Trinajstić information content (AvgIpc) is 3.32. The van der Waals surface area contributed by atoms with Crippen molar-refractivity contribution in [1.82, 2.24) is 10.2 Å². The van der Waals surface area contributed by atoms with Crippen molar-refractivity contribution in [1.29, 1.82) is 0 Å². The molecule has 3 saturated carbocycles. The maximum atomic E-state index is 3.89. The average molecular weight is 293 g/mol. The fourth-order valence-electron chi connectivity index (χ4n) is 4.34. The minimum atomic E-state index is 0.491.